The molecule has 1 aromatic rings. The highest BCUT2D eigenvalue weighted by Gasteiger charge is 2.25. The second-order valence-corrected chi connectivity index (χ2v) is 3.65. The van der Waals surface area contributed by atoms with Gasteiger partial charge in [0, 0.05) is 18.7 Å². The maximum absolute atomic E-state index is 13.2. The van der Waals surface area contributed by atoms with Crippen LogP contribution in [0.4, 0.5) is 17.6 Å². The second-order valence-electron chi connectivity index (χ2n) is 3.65. The van der Waals surface area contributed by atoms with Gasteiger partial charge in [0.25, 0.3) is 0 Å². The molecule has 0 atom stereocenters. The number of halogens is 4. The Kier molecular flexibility index (Phi) is 4.66. The van der Waals surface area contributed by atoms with E-state index in [1.807, 2.05) is 0 Å². The van der Waals surface area contributed by atoms with Crippen LogP contribution in [0.1, 0.15) is 22.3 Å². The van der Waals surface area contributed by atoms with Crippen molar-refractivity contribution in [3.05, 3.63) is 35.1 Å². The first-order valence-corrected chi connectivity index (χ1v) is 5.09. The fraction of sp³-hybridized carbons (Fsp3) is 0.364. The van der Waals surface area contributed by atoms with Gasteiger partial charge in [-0.3, -0.25) is 0 Å². The van der Waals surface area contributed by atoms with Crippen molar-refractivity contribution in [2.24, 2.45) is 0 Å². The summed E-state index contributed by atoms with van der Waals surface area (Å²) < 4.78 is 48.8. The molecule has 0 aromatic heterocycles. The first-order chi connectivity index (χ1) is 8.29. The van der Waals surface area contributed by atoms with Crippen LogP contribution < -0.4 is 5.32 Å². The maximum Gasteiger partial charge on any atom is 0.390 e. The summed E-state index contributed by atoms with van der Waals surface area (Å²) in [7, 11) is 0. The molecule has 3 nitrogen and oxygen atoms in total. The van der Waals surface area contributed by atoms with Gasteiger partial charge in [-0.15, -0.1) is 0 Å². The Bertz CT molecular complexity index is 432. The van der Waals surface area contributed by atoms with Crippen molar-refractivity contribution in [2.75, 3.05) is 6.54 Å². The smallest absolute Gasteiger partial charge is 0.390 e. The molecule has 0 fully saturated rings. The first-order valence-electron chi connectivity index (χ1n) is 5.09. The van der Waals surface area contributed by atoms with Crippen molar-refractivity contribution in [3.63, 3.8) is 0 Å². The molecule has 0 saturated carbocycles. The van der Waals surface area contributed by atoms with E-state index < -0.39 is 24.4 Å². The summed E-state index contributed by atoms with van der Waals surface area (Å²) in [6.07, 6.45) is -5.29. The molecule has 18 heavy (non-hydrogen) atoms. The number of benzene rings is 1. The second kappa shape index (κ2) is 5.81. The Labute approximate surface area is 100 Å². The quantitative estimate of drug-likeness (QED) is 0.635. The summed E-state index contributed by atoms with van der Waals surface area (Å²) >= 11 is 0. The fourth-order valence-corrected chi connectivity index (χ4v) is 1.30. The average Bonchev–Trinajstić information content (AvgIpc) is 2.24. The molecule has 0 heterocycles. The lowest BCUT2D eigenvalue weighted by molar-refractivity contribution is -0.133. The summed E-state index contributed by atoms with van der Waals surface area (Å²) in [5.41, 5.74) is -0.0823. The van der Waals surface area contributed by atoms with Gasteiger partial charge in [-0.1, -0.05) is 0 Å². The molecule has 7 heteroatoms. The highest BCUT2D eigenvalue weighted by atomic mass is 19.4. The molecule has 0 bridgehead atoms. The van der Waals surface area contributed by atoms with Crippen LogP contribution in [0.3, 0.4) is 0 Å². The lowest BCUT2D eigenvalue weighted by Crippen LogP contribution is -2.22. The van der Waals surface area contributed by atoms with E-state index in [0.29, 0.717) is 0 Å². The summed E-state index contributed by atoms with van der Waals surface area (Å²) in [5, 5.41) is 11.1. The number of carboxylic acid groups (broad SMARTS) is 1. The average molecular weight is 265 g/mol. The van der Waals surface area contributed by atoms with Crippen LogP contribution in [-0.4, -0.2) is 23.8 Å². The monoisotopic (exact) mass is 265 g/mol. The van der Waals surface area contributed by atoms with Crippen molar-refractivity contribution >= 4 is 5.97 Å². The molecule has 0 unspecified atom stereocenters. The molecule has 0 aliphatic rings. The molecule has 0 spiro atoms. The Morgan fingerprint density at radius 3 is 2.56 bits per heavy atom. The molecule has 0 aliphatic carbocycles. The zero-order valence-corrected chi connectivity index (χ0v) is 9.22. The van der Waals surface area contributed by atoms with E-state index in [1.54, 1.807) is 0 Å². The lowest BCUT2D eigenvalue weighted by atomic mass is 10.1. The zero-order valence-electron chi connectivity index (χ0n) is 9.22. The third-order valence-corrected chi connectivity index (χ3v) is 2.19. The van der Waals surface area contributed by atoms with Crippen molar-refractivity contribution in [3.8, 4) is 0 Å². The number of hydrogen-bond donors (Lipinski definition) is 2. The van der Waals surface area contributed by atoms with Crippen LogP contribution >= 0.6 is 0 Å². The van der Waals surface area contributed by atoms with Crippen LogP contribution in [0, 0.1) is 5.82 Å². The van der Waals surface area contributed by atoms with E-state index in [4.69, 9.17) is 5.11 Å². The molecular formula is C11H11F4NO2. The molecule has 2 N–H and O–H groups in total. The standard InChI is InChI=1S/C11H11F4NO2/c12-9-2-1-7(10(17)18)5-8(9)6-16-4-3-11(13,14)15/h1-2,5,16H,3-4,6H2,(H,17,18). The summed E-state index contributed by atoms with van der Waals surface area (Å²) in [6.45, 7) is -0.497. The molecule has 100 valence electrons. The van der Waals surface area contributed by atoms with Crippen LogP contribution in [0.5, 0.6) is 0 Å². The minimum atomic E-state index is -4.27. The zero-order chi connectivity index (χ0) is 13.8. The number of rotatable bonds is 5. The van der Waals surface area contributed by atoms with Crippen molar-refractivity contribution in [1.29, 1.82) is 0 Å². The Morgan fingerprint density at radius 2 is 2.00 bits per heavy atom. The van der Waals surface area contributed by atoms with Crippen molar-refractivity contribution in [2.45, 2.75) is 19.1 Å². The fourth-order valence-electron chi connectivity index (χ4n) is 1.30. The maximum atomic E-state index is 13.2. The van der Waals surface area contributed by atoms with Crippen molar-refractivity contribution in [1.82, 2.24) is 5.32 Å². The van der Waals surface area contributed by atoms with Gasteiger partial charge in [-0.2, -0.15) is 13.2 Å². The number of aromatic carboxylic acids is 1. The van der Waals surface area contributed by atoms with E-state index in [1.165, 1.54) is 0 Å². The van der Waals surface area contributed by atoms with Gasteiger partial charge in [0.05, 0.1) is 12.0 Å². The molecular weight excluding hydrogens is 254 g/mol. The lowest BCUT2D eigenvalue weighted by Gasteiger charge is -2.08. The summed E-state index contributed by atoms with van der Waals surface area (Å²) in [6, 6.07) is 3.17. The minimum Gasteiger partial charge on any atom is -0.478 e. The van der Waals surface area contributed by atoms with Crippen LogP contribution in [-0.2, 0) is 6.54 Å². The van der Waals surface area contributed by atoms with E-state index in [0.717, 1.165) is 18.2 Å². The van der Waals surface area contributed by atoms with Gasteiger partial charge in [-0.25, -0.2) is 9.18 Å². The number of carboxylic acids is 1. The first kappa shape index (κ1) is 14.4. The van der Waals surface area contributed by atoms with Gasteiger partial charge in [-0.05, 0) is 18.2 Å². The predicted octanol–water partition coefficient (Wildman–Crippen LogP) is 2.57. The Balaban J connectivity index is 2.56. The van der Waals surface area contributed by atoms with E-state index >= 15 is 0 Å². The predicted molar refractivity (Wildman–Crippen MR) is 55.7 cm³/mol. The molecule has 0 aliphatic heterocycles. The van der Waals surface area contributed by atoms with E-state index in [2.05, 4.69) is 5.32 Å². The summed E-state index contributed by atoms with van der Waals surface area (Å²) in [5.74, 6) is -1.87. The van der Waals surface area contributed by atoms with Crippen molar-refractivity contribution < 1.29 is 27.5 Å². The number of carbonyl (C=O) groups is 1. The topological polar surface area (TPSA) is 49.3 Å². The number of nitrogens with one attached hydrogen (secondary N) is 1. The van der Waals surface area contributed by atoms with Gasteiger partial charge in [0.2, 0.25) is 0 Å². The normalized spacial score (nSPS) is 11.6. The van der Waals surface area contributed by atoms with Gasteiger partial charge in [0.1, 0.15) is 5.82 Å². The molecule has 1 aromatic carbocycles. The van der Waals surface area contributed by atoms with Crippen LogP contribution in [0.2, 0.25) is 0 Å². The largest absolute Gasteiger partial charge is 0.478 e. The SMILES string of the molecule is O=C(O)c1ccc(F)c(CNCCC(F)(F)F)c1. The van der Waals surface area contributed by atoms with Gasteiger partial charge < -0.3 is 10.4 Å². The third-order valence-electron chi connectivity index (χ3n) is 2.19. The highest BCUT2D eigenvalue weighted by molar-refractivity contribution is 5.87. The molecule has 0 radical (unpaired) electrons. The highest BCUT2D eigenvalue weighted by Crippen LogP contribution is 2.18. The van der Waals surface area contributed by atoms with E-state index in [-0.39, 0.29) is 24.2 Å². The molecule has 1 rings (SSSR count). The molecule has 0 saturated heterocycles. The third kappa shape index (κ3) is 4.70. The Hall–Kier alpha value is -1.63. The number of hydrogen-bond acceptors (Lipinski definition) is 2. The van der Waals surface area contributed by atoms with Gasteiger partial charge in [0.15, 0.2) is 0 Å². The van der Waals surface area contributed by atoms with E-state index in [9.17, 15) is 22.4 Å². The number of alkyl halides is 3. The van der Waals surface area contributed by atoms with Crippen LogP contribution in [0.25, 0.3) is 0 Å². The Morgan fingerprint density at radius 1 is 1.33 bits per heavy atom. The van der Waals surface area contributed by atoms with Crippen LogP contribution in [0.15, 0.2) is 18.2 Å². The van der Waals surface area contributed by atoms with Gasteiger partial charge >= 0.3 is 12.1 Å². The molecule has 0 amide bonds. The minimum absolute atomic E-state index is 0.0251. The summed E-state index contributed by atoms with van der Waals surface area (Å²) in [4.78, 5) is 10.6.